The normalized spacial score (nSPS) is 52.5. The van der Waals surface area contributed by atoms with Gasteiger partial charge in [0, 0.05) is 13.0 Å². The van der Waals surface area contributed by atoms with E-state index in [2.05, 4.69) is 0 Å². The van der Waals surface area contributed by atoms with Crippen LogP contribution < -0.4 is 0 Å². The quantitative estimate of drug-likeness (QED) is 0.159. The van der Waals surface area contributed by atoms with Crippen molar-refractivity contribution in [3.05, 3.63) is 0 Å². The van der Waals surface area contributed by atoms with E-state index in [1.54, 1.807) is 0 Å². The van der Waals surface area contributed by atoms with Crippen LogP contribution in [0.4, 0.5) is 0 Å². The lowest BCUT2D eigenvalue weighted by molar-refractivity contribution is -0.354. The fourth-order valence-electron chi connectivity index (χ4n) is 4.72. The van der Waals surface area contributed by atoms with E-state index in [1.807, 2.05) is 0 Å². The Bertz CT molecular complexity index is 638. The van der Waals surface area contributed by atoms with Gasteiger partial charge in [0.25, 0.3) is 0 Å². The number of rotatable bonds is 7. The van der Waals surface area contributed by atoms with Crippen LogP contribution in [0.25, 0.3) is 0 Å². The second-order valence-corrected chi connectivity index (χ2v) is 9.00. The van der Waals surface area contributed by atoms with Gasteiger partial charge in [-0.15, -0.1) is 0 Å². The summed E-state index contributed by atoms with van der Waals surface area (Å²) in [4.78, 5) is 0. The van der Waals surface area contributed by atoms with Crippen molar-refractivity contribution in [2.24, 2.45) is 5.92 Å². The summed E-state index contributed by atoms with van der Waals surface area (Å²) in [5, 5.41) is 90.9. The molecule has 3 heterocycles. The minimum absolute atomic E-state index is 0.120. The number of methoxy groups -OCH3 is 1. The number of aliphatic hydroxyl groups excluding tert-OH is 9. The maximum atomic E-state index is 10.9. The lowest BCUT2D eigenvalue weighted by Crippen LogP contribution is -2.64. The Morgan fingerprint density at radius 1 is 0.618 bits per heavy atom. The Morgan fingerprint density at radius 2 is 1.15 bits per heavy atom. The monoisotopic (exact) mass is 500 g/mol. The van der Waals surface area contributed by atoms with Gasteiger partial charge in [-0.2, -0.15) is 0 Å². The molecular formula is C20H36O14. The number of hydrogen-bond donors (Lipinski definition) is 9. The van der Waals surface area contributed by atoms with Crippen LogP contribution in [0.1, 0.15) is 13.3 Å². The predicted molar refractivity (Wildman–Crippen MR) is 108 cm³/mol. The molecule has 0 saturated carbocycles. The molecule has 14 nitrogen and oxygen atoms in total. The molecule has 0 aromatic rings. The van der Waals surface area contributed by atoms with Gasteiger partial charge in [-0.05, 0) is 13.3 Å². The third-order valence-electron chi connectivity index (χ3n) is 6.81. The Kier molecular flexibility index (Phi) is 9.61. The van der Waals surface area contributed by atoms with Gasteiger partial charge in [-0.3, -0.25) is 0 Å². The van der Waals surface area contributed by atoms with Crippen molar-refractivity contribution in [3.8, 4) is 0 Å². The predicted octanol–water partition coefficient (Wildman–Crippen LogP) is -5.23. The Labute approximate surface area is 195 Å². The molecule has 3 aliphatic heterocycles. The summed E-state index contributed by atoms with van der Waals surface area (Å²) >= 11 is 0. The third kappa shape index (κ3) is 5.40. The zero-order valence-electron chi connectivity index (χ0n) is 18.8. The second-order valence-electron chi connectivity index (χ2n) is 9.00. The summed E-state index contributed by atoms with van der Waals surface area (Å²) < 4.78 is 27.8. The summed E-state index contributed by atoms with van der Waals surface area (Å²) in [5.74, 6) is -0.926. The van der Waals surface area contributed by atoms with Gasteiger partial charge in [-0.25, -0.2) is 0 Å². The number of aliphatic hydroxyl groups is 9. The van der Waals surface area contributed by atoms with Gasteiger partial charge in [-0.1, -0.05) is 0 Å². The highest BCUT2D eigenvalue weighted by molar-refractivity contribution is 4.97. The van der Waals surface area contributed by atoms with Gasteiger partial charge in [0.15, 0.2) is 12.6 Å². The molecule has 3 aliphatic rings. The van der Waals surface area contributed by atoms with Gasteiger partial charge >= 0.3 is 0 Å². The Balaban J connectivity index is 1.86. The standard InChI is InChI=1S/C20H36O14/c1-6-11(23)15(27)12(24)8(31-6)3-7-18(14(26)10(5-22)32-19(7)30-2)34-20-17(29)16(28)13(25)9(4-21)33-20/h6-29H,3-5H2,1-2H3/t6-,7-,8+,9-,10-,11-,12-,13+,14+,15-,16+,17-,18?,19-,20+/m1/s1. The van der Waals surface area contributed by atoms with Crippen molar-refractivity contribution in [1.29, 1.82) is 0 Å². The van der Waals surface area contributed by atoms with E-state index in [9.17, 15) is 46.0 Å². The molecular weight excluding hydrogens is 464 g/mol. The highest BCUT2D eigenvalue weighted by Crippen LogP contribution is 2.37. The summed E-state index contributed by atoms with van der Waals surface area (Å²) in [5.41, 5.74) is 0. The molecule has 0 radical (unpaired) electrons. The summed E-state index contributed by atoms with van der Waals surface area (Å²) in [6.45, 7) is 0.202. The molecule has 34 heavy (non-hydrogen) atoms. The van der Waals surface area contributed by atoms with Crippen LogP contribution in [0.5, 0.6) is 0 Å². The largest absolute Gasteiger partial charge is 0.394 e. The molecule has 0 aromatic heterocycles. The van der Waals surface area contributed by atoms with Crippen LogP contribution in [-0.4, -0.2) is 152 Å². The van der Waals surface area contributed by atoms with E-state index >= 15 is 0 Å². The molecule has 3 fully saturated rings. The fraction of sp³-hybridized carbons (Fsp3) is 1.00. The van der Waals surface area contributed by atoms with Crippen LogP contribution >= 0.6 is 0 Å². The van der Waals surface area contributed by atoms with Gasteiger partial charge in [0.05, 0.1) is 31.5 Å². The van der Waals surface area contributed by atoms with E-state index < -0.39 is 105 Å². The van der Waals surface area contributed by atoms with Crippen LogP contribution in [0.15, 0.2) is 0 Å². The third-order valence-corrected chi connectivity index (χ3v) is 6.81. The molecule has 0 amide bonds. The molecule has 0 spiro atoms. The van der Waals surface area contributed by atoms with Crippen molar-refractivity contribution in [2.75, 3.05) is 20.3 Å². The van der Waals surface area contributed by atoms with Gasteiger partial charge in [0.1, 0.15) is 54.9 Å². The first-order chi connectivity index (χ1) is 16.0. The van der Waals surface area contributed by atoms with Crippen LogP contribution in [-0.2, 0) is 23.7 Å². The maximum Gasteiger partial charge on any atom is 0.187 e. The van der Waals surface area contributed by atoms with E-state index in [4.69, 9.17) is 23.7 Å². The zero-order valence-corrected chi connectivity index (χ0v) is 18.8. The number of hydrogen-bond acceptors (Lipinski definition) is 14. The van der Waals surface area contributed by atoms with Crippen molar-refractivity contribution >= 4 is 0 Å². The molecule has 9 N–H and O–H groups in total. The van der Waals surface area contributed by atoms with Crippen molar-refractivity contribution in [2.45, 2.75) is 99.2 Å². The summed E-state index contributed by atoms with van der Waals surface area (Å²) in [6, 6.07) is 0. The SMILES string of the molecule is CO[C@@H]1O[C@H](CO)[C@H](O)C(O[C@@H]2O[C@H](CO)[C@H](O)[C@H](O)[C@H]2O)[C@H]1C[C@@H]1O[C@H](C)[C@@H](O)[C@@H](O)[C@@H]1O. The molecule has 0 bridgehead atoms. The highest BCUT2D eigenvalue weighted by Gasteiger charge is 2.53. The topological polar surface area (TPSA) is 228 Å². The molecule has 0 aromatic carbocycles. The van der Waals surface area contributed by atoms with Crippen LogP contribution in [0, 0.1) is 5.92 Å². The molecule has 200 valence electrons. The first-order valence-electron chi connectivity index (χ1n) is 11.2. The smallest absolute Gasteiger partial charge is 0.187 e. The first-order valence-corrected chi connectivity index (χ1v) is 11.2. The molecule has 15 atom stereocenters. The molecule has 1 unspecified atom stereocenters. The van der Waals surface area contributed by atoms with Crippen LogP contribution in [0.2, 0.25) is 0 Å². The van der Waals surface area contributed by atoms with Gasteiger partial charge < -0.3 is 69.6 Å². The summed E-state index contributed by atoms with van der Waals surface area (Å²) in [6.07, 6.45) is -19.3. The van der Waals surface area contributed by atoms with Gasteiger partial charge in [0.2, 0.25) is 0 Å². The summed E-state index contributed by atoms with van der Waals surface area (Å²) in [7, 11) is 1.30. The lowest BCUT2D eigenvalue weighted by atomic mass is 9.83. The molecule has 3 rings (SSSR count). The second kappa shape index (κ2) is 11.7. The van der Waals surface area contributed by atoms with Crippen LogP contribution in [0.3, 0.4) is 0 Å². The van der Waals surface area contributed by atoms with Crippen molar-refractivity contribution in [3.63, 3.8) is 0 Å². The van der Waals surface area contributed by atoms with E-state index in [0.717, 1.165) is 0 Å². The lowest BCUT2D eigenvalue weighted by Gasteiger charge is -2.49. The minimum Gasteiger partial charge on any atom is -0.394 e. The zero-order chi connectivity index (χ0) is 25.3. The average Bonchev–Trinajstić information content (AvgIpc) is 2.83. The highest BCUT2D eigenvalue weighted by atomic mass is 16.7. The van der Waals surface area contributed by atoms with E-state index in [0.29, 0.717) is 0 Å². The van der Waals surface area contributed by atoms with Crippen molar-refractivity contribution < 1.29 is 69.6 Å². The molecule has 3 saturated heterocycles. The molecule has 0 aliphatic carbocycles. The van der Waals surface area contributed by atoms with E-state index in [-0.39, 0.29) is 6.42 Å². The first kappa shape index (κ1) is 28.0. The molecule has 14 heteroatoms. The Hall–Kier alpha value is -0.560. The maximum absolute atomic E-state index is 10.9. The Morgan fingerprint density at radius 3 is 1.74 bits per heavy atom. The van der Waals surface area contributed by atoms with Crippen molar-refractivity contribution in [1.82, 2.24) is 0 Å². The number of ether oxygens (including phenoxy) is 5. The minimum atomic E-state index is -1.75. The average molecular weight is 500 g/mol. The fourth-order valence-corrected chi connectivity index (χ4v) is 4.72. The van der Waals surface area contributed by atoms with E-state index in [1.165, 1.54) is 14.0 Å².